The topological polar surface area (TPSA) is 200 Å². The molecule has 0 saturated carbocycles. The van der Waals surface area contributed by atoms with Gasteiger partial charge in [0.25, 0.3) is 11.8 Å². The van der Waals surface area contributed by atoms with E-state index in [1.807, 2.05) is 60.1 Å². The zero-order chi connectivity index (χ0) is 43.8. The Hall–Kier alpha value is -5.99. The third-order valence-corrected chi connectivity index (χ3v) is 11.6. The Morgan fingerprint density at radius 2 is 1.71 bits per heavy atom. The maximum atomic E-state index is 13.3. The molecule has 4 aromatic rings. The number of para-hydroxylation sites is 2. The van der Waals surface area contributed by atoms with Crippen molar-refractivity contribution in [3.63, 3.8) is 0 Å². The van der Waals surface area contributed by atoms with Crippen LogP contribution in [-0.4, -0.2) is 135 Å². The van der Waals surface area contributed by atoms with Gasteiger partial charge in [0.05, 0.1) is 67.0 Å². The van der Waals surface area contributed by atoms with E-state index in [2.05, 4.69) is 41.0 Å². The van der Waals surface area contributed by atoms with E-state index >= 15 is 0 Å². The first-order valence-corrected chi connectivity index (χ1v) is 21.5. The second-order valence-corrected chi connectivity index (χ2v) is 15.8. The standard InChI is InChI=1S/C42H47ClN10O8S/c1-50(62-3)32-10-5-4-8-29(32)46-38-28(43)24-44-42(49-38)47-30-12-11-26(23-34(30)59-2)52-17-15-51(16-18-52)19-20-60-21-22-61-25-36(55)45-31-9-6-7-27-37(31)41(58)53(40(27)57)33-13-14-35(54)48-39(33)56/h4-12,23-24,33H,13-22,25H2,1-3H3,(H,45,55)(H,48,54,56)(H2,44,46,47,49). The van der Waals surface area contributed by atoms with E-state index in [9.17, 15) is 24.0 Å². The van der Waals surface area contributed by atoms with Crippen molar-refractivity contribution in [2.24, 2.45) is 0 Å². The highest BCUT2D eigenvalue weighted by molar-refractivity contribution is 7.99. The summed E-state index contributed by atoms with van der Waals surface area (Å²) in [7, 11) is 3.61. The summed E-state index contributed by atoms with van der Waals surface area (Å²) in [6.45, 7) is 4.70. The Labute approximate surface area is 367 Å². The number of rotatable bonds is 18. The second-order valence-electron chi connectivity index (χ2n) is 14.4. The third-order valence-electron chi connectivity index (χ3n) is 10.6. The molecule has 20 heteroatoms. The van der Waals surface area contributed by atoms with Crippen LogP contribution in [0, 0.1) is 0 Å². The molecule has 4 N–H and O–H groups in total. The Morgan fingerprint density at radius 1 is 0.935 bits per heavy atom. The maximum absolute atomic E-state index is 13.3. The van der Waals surface area contributed by atoms with E-state index in [-0.39, 0.29) is 49.5 Å². The number of anilines is 7. The molecule has 3 aromatic carbocycles. The summed E-state index contributed by atoms with van der Waals surface area (Å²) in [6.07, 6.45) is 3.60. The molecule has 2 fully saturated rings. The van der Waals surface area contributed by atoms with E-state index < -0.39 is 35.6 Å². The number of hydrogen-bond acceptors (Lipinski definition) is 16. The number of amides is 5. The van der Waals surface area contributed by atoms with Gasteiger partial charge < -0.3 is 39.4 Å². The average molecular weight is 887 g/mol. The van der Waals surface area contributed by atoms with Crippen LogP contribution in [0.3, 0.4) is 0 Å². The molecule has 7 rings (SSSR count). The predicted octanol–water partition coefficient (Wildman–Crippen LogP) is 4.54. The van der Waals surface area contributed by atoms with Gasteiger partial charge in [0.15, 0.2) is 5.82 Å². The minimum Gasteiger partial charge on any atom is -0.494 e. The lowest BCUT2D eigenvalue weighted by Gasteiger charge is -2.36. The van der Waals surface area contributed by atoms with Crippen LogP contribution in [0.1, 0.15) is 33.6 Å². The zero-order valence-corrected chi connectivity index (χ0v) is 36.0. The molecule has 62 heavy (non-hydrogen) atoms. The van der Waals surface area contributed by atoms with E-state index in [1.165, 1.54) is 18.2 Å². The van der Waals surface area contributed by atoms with Crippen molar-refractivity contribution < 1.29 is 38.2 Å². The number of nitrogens with one attached hydrogen (secondary N) is 4. The number of hydrogen-bond donors (Lipinski definition) is 4. The van der Waals surface area contributed by atoms with Gasteiger partial charge in [-0.2, -0.15) is 4.98 Å². The van der Waals surface area contributed by atoms with Gasteiger partial charge in [0.1, 0.15) is 23.4 Å². The largest absolute Gasteiger partial charge is 0.494 e. The van der Waals surface area contributed by atoms with Crippen molar-refractivity contribution >= 4 is 93.3 Å². The van der Waals surface area contributed by atoms with Crippen LogP contribution in [0.25, 0.3) is 0 Å². The van der Waals surface area contributed by atoms with Crippen LogP contribution in [0.4, 0.5) is 40.2 Å². The number of halogens is 1. The number of nitrogens with zero attached hydrogens (tertiary/aromatic N) is 6. The minimum atomic E-state index is -1.10. The second kappa shape index (κ2) is 20.3. The van der Waals surface area contributed by atoms with E-state index in [0.29, 0.717) is 34.8 Å². The highest BCUT2D eigenvalue weighted by Crippen LogP contribution is 2.36. The number of piperidine rings is 1. The summed E-state index contributed by atoms with van der Waals surface area (Å²) in [6, 6.07) is 17.3. The number of fused-ring (bicyclic) bond motifs is 1. The highest BCUT2D eigenvalue weighted by Gasteiger charge is 2.45. The molecule has 2 saturated heterocycles. The number of methoxy groups -OCH3 is 1. The molecule has 0 bridgehead atoms. The number of ether oxygens (including phenoxy) is 3. The minimum absolute atomic E-state index is 0.00375. The predicted molar refractivity (Wildman–Crippen MR) is 237 cm³/mol. The third kappa shape index (κ3) is 10.2. The van der Waals surface area contributed by atoms with Crippen molar-refractivity contribution in [1.29, 1.82) is 0 Å². The SMILES string of the molecule is COc1cc(N2CCN(CCOCCOCC(=O)Nc3cccc4c3C(=O)N(C3CCC(=O)NC3=O)C4=O)CC2)ccc1Nc1ncc(Cl)c(Nc2ccccc2N(C)SC)n1. The Kier molecular flexibility index (Phi) is 14.4. The fourth-order valence-corrected chi connectivity index (χ4v) is 7.80. The van der Waals surface area contributed by atoms with E-state index in [0.717, 1.165) is 54.7 Å². The quantitative estimate of drug-likeness (QED) is 0.0617. The molecule has 1 unspecified atom stereocenters. The number of benzene rings is 3. The van der Waals surface area contributed by atoms with Crippen molar-refractivity contribution in [2.45, 2.75) is 18.9 Å². The van der Waals surface area contributed by atoms with Crippen LogP contribution < -0.4 is 35.2 Å². The Balaban J connectivity index is 0.814. The summed E-state index contributed by atoms with van der Waals surface area (Å²) >= 11 is 8.09. The lowest BCUT2D eigenvalue weighted by molar-refractivity contribution is -0.136. The van der Waals surface area contributed by atoms with Crippen molar-refractivity contribution in [3.8, 4) is 5.75 Å². The number of imide groups is 2. The summed E-state index contributed by atoms with van der Waals surface area (Å²) in [5.74, 6) is -1.57. The fourth-order valence-electron chi connectivity index (χ4n) is 7.31. The molecule has 0 radical (unpaired) electrons. The fraction of sp³-hybridized carbons (Fsp3) is 0.357. The number of carbonyl (C=O) groups excluding carboxylic acids is 5. The summed E-state index contributed by atoms with van der Waals surface area (Å²) < 4.78 is 19.1. The van der Waals surface area contributed by atoms with Gasteiger partial charge >= 0.3 is 0 Å². The van der Waals surface area contributed by atoms with Crippen LogP contribution in [0.15, 0.2) is 66.9 Å². The molecule has 3 aliphatic heterocycles. The van der Waals surface area contributed by atoms with Gasteiger partial charge in [-0.1, -0.05) is 41.7 Å². The van der Waals surface area contributed by atoms with Gasteiger partial charge in [-0.05, 0) is 42.8 Å². The summed E-state index contributed by atoms with van der Waals surface area (Å²) in [4.78, 5) is 77.5. The average Bonchev–Trinajstić information content (AvgIpc) is 3.53. The molecule has 1 aromatic heterocycles. The zero-order valence-electron chi connectivity index (χ0n) is 34.4. The van der Waals surface area contributed by atoms with Gasteiger partial charge in [0.2, 0.25) is 23.7 Å². The van der Waals surface area contributed by atoms with Crippen LogP contribution in [0.5, 0.6) is 5.75 Å². The van der Waals surface area contributed by atoms with Gasteiger partial charge in [-0.3, -0.25) is 39.1 Å². The number of piperazine rings is 1. The molecule has 1 atom stereocenters. The normalized spacial score (nSPS) is 16.5. The molecule has 0 aliphatic carbocycles. The van der Waals surface area contributed by atoms with Gasteiger partial charge in [0, 0.05) is 64.2 Å². The maximum Gasteiger partial charge on any atom is 0.264 e. The van der Waals surface area contributed by atoms with E-state index in [4.69, 9.17) is 25.8 Å². The molecule has 5 amide bonds. The number of aromatic nitrogens is 2. The van der Waals surface area contributed by atoms with Gasteiger partial charge in [-0.25, -0.2) is 4.98 Å². The molecule has 0 spiro atoms. The van der Waals surface area contributed by atoms with E-state index in [1.54, 1.807) is 25.3 Å². The lowest BCUT2D eigenvalue weighted by atomic mass is 10.0. The highest BCUT2D eigenvalue weighted by atomic mass is 35.5. The van der Waals surface area contributed by atoms with Crippen LogP contribution in [0.2, 0.25) is 5.02 Å². The summed E-state index contributed by atoms with van der Waals surface area (Å²) in [5.41, 5.74) is 3.79. The first-order chi connectivity index (χ1) is 30.0. The molecule has 3 aliphatic rings. The Bertz CT molecular complexity index is 2330. The lowest BCUT2D eigenvalue weighted by Crippen LogP contribution is -2.54. The van der Waals surface area contributed by atoms with Crippen molar-refractivity contribution in [2.75, 3.05) is 105 Å². The smallest absolute Gasteiger partial charge is 0.264 e. The van der Waals surface area contributed by atoms with Gasteiger partial charge in [-0.15, -0.1) is 0 Å². The van der Waals surface area contributed by atoms with Crippen molar-refractivity contribution in [1.82, 2.24) is 25.1 Å². The first-order valence-electron chi connectivity index (χ1n) is 19.9. The first kappa shape index (κ1) is 44.1. The molecule has 326 valence electrons. The molecular weight excluding hydrogens is 840 g/mol. The molecule has 4 heterocycles. The summed E-state index contributed by atoms with van der Waals surface area (Å²) in [5, 5.41) is 11.8. The van der Waals surface area contributed by atoms with Crippen LogP contribution in [-0.2, 0) is 23.9 Å². The monoisotopic (exact) mass is 886 g/mol. The molecule has 18 nitrogen and oxygen atoms in total. The molecular formula is C42H47ClN10O8S. The Morgan fingerprint density at radius 3 is 2.48 bits per heavy atom. The van der Waals surface area contributed by atoms with Crippen LogP contribution >= 0.6 is 23.5 Å². The number of carbonyl (C=O) groups is 5. The van der Waals surface area contributed by atoms with Crippen molar-refractivity contribution in [3.05, 3.63) is 83.0 Å².